The minimum atomic E-state index is 0.0215. The molecule has 0 aliphatic carbocycles. The maximum atomic E-state index is 2.41. The highest BCUT2D eigenvalue weighted by atomic mass is 15.1. The van der Waals surface area contributed by atoms with Gasteiger partial charge in [0.05, 0.1) is 5.41 Å². The molecule has 0 fully saturated rings. The van der Waals surface area contributed by atoms with Crippen molar-refractivity contribution in [3.63, 3.8) is 0 Å². The summed E-state index contributed by atoms with van der Waals surface area (Å²) < 4.78 is 2.35. The second-order valence-corrected chi connectivity index (χ2v) is 7.50. The summed E-state index contributed by atoms with van der Waals surface area (Å²) in [7, 11) is 4.37. The lowest BCUT2D eigenvalue weighted by Gasteiger charge is -2.20. The van der Waals surface area contributed by atoms with Gasteiger partial charge in [-0.25, -0.2) is 0 Å². The Morgan fingerprint density at radius 2 is 1.71 bits per heavy atom. The van der Waals surface area contributed by atoms with Crippen molar-refractivity contribution in [2.24, 2.45) is 0 Å². The Morgan fingerprint density at radius 1 is 1.04 bits per heavy atom. The van der Waals surface area contributed by atoms with Crippen molar-refractivity contribution < 1.29 is 4.58 Å². The SMILES string of the molecule is CC1C(=CC2=[N+](C)c3ccccc3C2(C)C)N(C)c2ccccc21. The van der Waals surface area contributed by atoms with Crippen molar-refractivity contribution in [3.05, 3.63) is 71.4 Å². The van der Waals surface area contributed by atoms with Crippen LogP contribution in [0.3, 0.4) is 0 Å². The number of anilines is 1. The number of likely N-dealkylation sites (N-methyl/N-ethyl adjacent to an activating group) is 1. The maximum absolute atomic E-state index is 2.41. The fraction of sp³-hybridized carbons (Fsp3) is 0.318. The summed E-state index contributed by atoms with van der Waals surface area (Å²) in [5.41, 5.74) is 8.23. The number of rotatable bonds is 1. The molecule has 24 heavy (non-hydrogen) atoms. The number of hydrogen-bond donors (Lipinski definition) is 0. The molecule has 0 N–H and O–H groups in total. The van der Waals surface area contributed by atoms with Crippen molar-refractivity contribution >= 4 is 17.1 Å². The highest BCUT2D eigenvalue weighted by Crippen LogP contribution is 2.44. The van der Waals surface area contributed by atoms with E-state index in [0.29, 0.717) is 5.92 Å². The zero-order valence-electron chi connectivity index (χ0n) is 15.2. The summed E-state index contributed by atoms with van der Waals surface area (Å²) in [6, 6.07) is 17.5. The molecule has 0 saturated carbocycles. The molecule has 0 bridgehead atoms. The summed E-state index contributed by atoms with van der Waals surface area (Å²) in [6.07, 6.45) is 2.41. The normalized spacial score (nSPS) is 23.0. The second-order valence-electron chi connectivity index (χ2n) is 7.50. The van der Waals surface area contributed by atoms with Gasteiger partial charge in [-0.05, 0) is 25.5 Å². The van der Waals surface area contributed by atoms with Gasteiger partial charge in [-0.3, -0.25) is 0 Å². The fourth-order valence-electron chi connectivity index (χ4n) is 4.37. The Balaban J connectivity index is 1.85. The van der Waals surface area contributed by atoms with Crippen LogP contribution in [0.4, 0.5) is 11.4 Å². The van der Waals surface area contributed by atoms with Crippen LogP contribution in [0.25, 0.3) is 0 Å². The Kier molecular flexibility index (Phi) is 3.21. The summed E-state index contributed by atoms with van der Waals surface area (Å²) in [4.78, 5) is 2.35. The zero-order chi connectivity index (χ0) is 17.1. The number of benzene rings is 2. The van der Waals surface area contributed by atoms with Crippen LogP contribution >= 0.6 is 0 Å². The van der Waals surface area contributed by atoms with Crippen LogP contribution in [0, 0.1) is 0 Å². The molecule has 122 valence electrons. The van der Waals surface area contributed by atoms with Gasteiger partial charge in [0.15, 0.2) is 5.71 Å². The van der Waals surface area contributed by atoms with Gasteiger partial charge < -0.3 is 4.90 Å². The van der Waals surface area contributed by atoms with Gasteiger partial charge >= 0.3 is 0 Å². The van der Waals surface area contributed by atoms with Crippen LogP contribution in [-0.4, -0.2) is 24.4 Å². The predicted octanol–water partition coefficient (Wildman–Crippen LogP) is 4.83. The minimum Gasteiger partial charge on any atom is -0.347 e. The predicted molar refractivity (Wildman–Crippen MR) is 102 cm³/mol. The molecule has 2 aliphatic heterocycles. The monoisotopic (exact) mass is 317 g/mol. The highest BCUT2D eigenvalue weighted by molar-refractivity contribution is 6.04. The number of nitrogens with zero attached hydrogens (tertiary/aromatic N) is 2. The van der Waals surface area contributed by atoms with Crippen LogP contribution < -0.4 is 4.90 Å². The van der Waals surface area contributed by atoms with Crippen molar-refractivity contribution in [2.75, 3.05) is 19.0 Å². The summed E-state index contributed by atoms with van der Waals surface area (Å²) in [6.45, 7) is 6.97. The quantitative estimate of drug-likeness (QED) is 0.683. The molecule has 0 aromatic heterocycles. The van der Waals surface area contributed by atoms with E-state index in [1.807, 2.05) is 0 Å². The molecule has 0 radical (unpaired) electrons. The Labute approximate surface area is 144 Å². The van der Waals surface area contributed by atoms with Crippen LogP contribution in [0.5, 0.6) is 0 Å². The molecule has 0 amide bonds. The molecule has 2 heteroatoms. The number of hydrogen-bond acceptors (Lipinski definition) is 1. The Hall–Kier alpha value is -2.35. The summed E-state index contributed by atoms with van der Waals surface area (Å²) in [5.74, 6) is 0.423. The van der Waals surface area contributed by atoms with Gasteiger partial charge in [-0.1, -0.05) is 43.3 Å². The molecule has 1 unspecified atom stereocenters. The third-order valence-electron chi connectivity index (χ3n) is 5.82. The standard InChI is InChI=1S/C22H25N2/c1-15-16-10-6-8-12-18(16)23(4)20(15)14-21-22(2,3)17-11-7-9-13-19(17)24(21)5/h6-15H,1-5H3/q+1. The largest absolute Gasteiger partial charge is 0.347 e. The Bertz CT molecular complexity index is 855. The third-order valence-corrected chi connectivity index (χ3v) is 5.82. The van der Waals surface area contributed by atoms with E-state index in [4.69, 9.17) is 0 Å². The van der Waals surface area contributed by atoms with E-state index >= 15 is 0 Å². The second kappa shape index (κ2) is 5.07. The molecule has 0 spiro atoms. The average Bonchev–Trinajstić information content (AvgIpc) is 2.94. The van der Waals surface area contributed by atoms with Crippen molar-refractivity contribution in [2.45, 2.75) is 32.1 Å². The summed E-state index contributed by atoms with van der Waals surface area (Å²) >= 11 is 0. The maximum Gasteiger partial charge on any atom is 0.209 e. The molecular formula is C22H25N2+. The van der Waals surface area contributed by atoms with E-state index in [0.717, 1.165) is 0 Å². The van der Waals surface area contributed by atoms with Crippen LogP contribution in [-0.2, 0) is 5.41 Å². The van der Waals surface area contributed by atoms with E-state index in [1.54, 1.807) is 0 Å². The molecule has 2 nitrogen and oxygen atoms in total. The van der Waals surface area contributed by atoms with Gasteiger partial charge in [0, 0.05) is 42.1 Å². The third kappa shape index (κ3) is 1.92. The molecule has 2 heterocycles. The van der Waals surface area contributed by atoms with Gasteiger partial charge in [0.25, 0.3) is 0 Å². The summed E-state index contributed by atoms with van der Waals surface area (Å²) in [5, 5.41) is 0. The topological polar surface area (TPSA) is 6.25 Å². The average molecular weight is 317 g/mol. The van der Waals surface area contributed by atoms with Crippen molar-refractivity contribution in [1.29, 1.82) is 0 Å². The first-order chi connectivity index (χ1) is 11.4. The van der Waals surface area contributed by atoms with E-state index in [1.165, 1.54) is 33.9 Å². The fourth-order valence-corrected chi connectivity index (χ4v) is 4.37. The first kappa shape index (κ1) is 15.2. The molecule has 0 saturated heterocycles. The van der Waals surface area contributed by atoms with E-state index in [-0.39, 0.29) is 5.41 Å². The van der Waals surface area contributed by atoms with Crippen LogP contribution in [0.2, 0.25) is 0 Å². The van der Waals surface area contributed by atoms with Crippen molar-refractivity contribution in [3.8, 4) is 0 Å². The van der Waals surface area contributed by atoms with Gasteiger partial charge in [0.2, 0.25) is 5.69 Å². The molecule has 2 aromatic rings. The van der Waals surface area contributed by atoms with E-state index in [9.17, 15) is 0 Å². The first-order valence-corrected chi connectivity index (χ1v) is 8.68. The van der Waals surface area contributed by atoms with Crippen LogP contribution in [0.15, 0.2) is 60.3 Å². The minimum absolute atomic E-state index is 0.0215. The first-order valence-electron chi connectivity index (χ1n) is 8.68. The molecule has 2 aromatic carbocycles. The van der Waals surface area contributed by atoms with Crippen molar-refractivity contribution in [1.82, 2.24) is 0 Å². The molecule has 4 rings (SSSR count). The van der Waals surface area contributed by atoms with Gasteiger partial charge in [-0.15, -0.1) is 0 Å². The number of para-hydroxylation sites is 2. The van der Waals surface area contributed by atoms with E-state index in [2.05, 4.69) is 98.9 Å². The zero-order valence-corrected chi connectivity index (χ0v) is 15.2. The number of allylic oxidation sites excluding steroid dienone is 2. The van der Waals surface area contributed by atoms with Gasteiger partial charge in [-0.2, -0.15) is 4.58 Å². The lowest BCUT2D eigenvalue weighted by atomic mass is 9.81. The molecular weight excluding hydrogens is 292 g/mol. The lowest BCUT2D eigenvalue weighted by Crippen LogP contribution is -2.28. The molecule has 1 atom stereocenters. The van der Waals surface area contributed by atoms with Crippen LogP contribution in [0.1, 0.15) is 37.8 Å². The Morgan fingerprint density at radius 3 is 2.42 bits per heavy atom. The smallest absolute Gasteiger partial charge is 0.209 e. The molecule has 2 aliphatic rings. The van der Waals surface area contributed by atoms with E-state index < -0.39 is 0 Å². The lowest BCUT2D eigenvalue weighted by molar-refractivity contribution is -0.401. The highest BCUT2D eigenvalue weighted by Gasteiger charge is 2.44. The van der Waals surface area contributed by atoms with Gasteiger partial charge in [0.1, 0.15) is 7.05 Å². The number of fused-ring (bicyclic) bond motifs is 2.